The Kier molecular flexibility index (Phi) is 4.93. The smallest absolute Gasteiger partial charge is 0.342 e. The molecule has 0 aliphatic carbocycles. The second-order valence-electron chi connectivity index (χ2n) is 3.86. The van der Waals surface area contributed by atoms with E-state index < -0.39 is 11.9 Å². The maximum absolute atomic E-state index is 11.7. The highest BCUT2D eigenvalue weighted by Gasteiger charge is 2.14. The van der Waals surface area contributed by atoms with Crippen LogP contribution in [0.15, 0.2) is 30.4 Å². The number of carbonyl (C=O) groups excluding carboxylic acids is 2. The molecular weight excluding hydrogens is 248 g/mol. The van der Waals surface area contributed by atoms with Crippen LogP contribution >= 0.6 is 0 Å². The van der Waals surface area contributed by atoms with Gasteiger partial charge in [-0.25, -0.2) is 9.59 Å². The van der Waals surface area contributed by atoms with Crippen LogP contribution in [0, 0.1) is 0 Å². The number of esters is 2. The maximum Gasteiger partial charge on any atom is 0.342 e. The van der Waals surface area contributed by atoms with Crippen LogP contribution in [0.3, 0.4) is 0 Å². The molecule has 1 aromatic rings. The van der Waals surface area contributed by atoms with Crippen LogP contribution in [-0.2, 0) is 14.3 Å². The van der Waals surface area contributed by atoms with Crippen LogP contribution in [-0.4, -0.2) is 25.2 Å². The molecular formula is C13H16N2O4. The molecule has 0 heterocycles. The van der Waals surface area contributed by atoms with Gasteiger partial charge in [0.05, 0.1) is 0 Å². The number of nitrogen functional groups attached to an aromatic ring is 2. The highest BCUT2D eigenvalue weighted by molar-refractivity contribution is 6.00. The zero-order valence-electron chi connectivity index (χ0n) is 10.6. The van der Waals surface area contributed by atoms with Crippen molar-refractivity contribution in [1.29, 1.82) is 0 Å². The summed E-state index contributed by atoms with van der Waals surface area (Å²) in [6.07, 6.45) is 0. The largest absolute Gasteiger partial charge is 0.459 e. The molecule has 0 bridgehead atoms. The van der Waals surface area contributed by atoms with Gasteiger partial charge in [0.15, 0.2) is 0 Å². The predicted molar refractivity (Wildman–Crippen MR) is 71.3 cm³/mol. The molecule has 0 atom stereocenters. The first-order valence-corrected chi connectivity index (χ1v) is 5.57. The summed E-state index contributed by atoms with van der Waals surface area (Å²) in [6.45, 7) is 4.82. The molecule has 0 saturated carbocycles. The Morgan fingerprint density at radius 2 is 1.68 bits per heavy atom. The summed E-state index contributed by atoms with van der Waals surface area (Å²) in [7, 11) is 0. The van der Waals surface area contributed by atoms with Crippen molar-refractivity contribution in [3.63, 3.8) is 0 Å². The molecule has 1 aromatic carbocycles. The van der Waals surface area contributed by atoms with E-state index in [9.17, 15) is 9.59 Å². The standard InChI is InChI=1S/C13H16N2O4/c1-8(2)12(16)18-6-7-19-13(17)11-9(14)4-3-5-10(11)15/h3-5H,1,6-7,14-15H2,2H3. The molecule has 4 N–H and O–H groups in total. The summed E-state index contributed by atoms with van der Waals surface area (Å²) in [5.74, 6) is -1.18. The first-order chi connectivity index (χ1) is 8.93. The first kappa shape index (κ1) is 14.6. The van der Waals surface area contributed by atoms with Gasteiger partial charge in [0, 0.05) is 16.9 Å². The number of benzene rings is 1. The van der Waals surface area contributed by atoms with Gasteiger partial charge in [-0.05, 0) is 19.1 Å². The summed E-state index contributed by atoms with van der Waals surface area (Å²) in [5.41, 5.74) is 12.2. The zero-order valence-corrected chi connectivity index (χ0v) is 10.6. The predicted octanol–water partition coefficient (Wildman–Crippen LogP) is 1.13. The SMILES string of the molecule is C=C(C)C(=O)OCCOC(=O)c1c(N)cccc1N. The highest BCUT2D eigenvalue weighted by atomic mass is 16.6. The number of ether oxygens (including phenoxy) is 2. The molecule has 19 heavy (non-hydrogen) atoms. The van der Waals surface area contributed by atoms with Crippen molar-refractivity contribution in [3.05, 3.63) is 35.9 Å². The molecule has 0 amide bonds. The minimum absolute atomic E-state index is 0.0515. The number of rotatable bonds is 5. The average Bonchev–Trinajstić information content (AvgIpc) is 2.34. The molecule has 0 aromatic heterocycles. The van der Waals surface area contributed by atoms with Gasteiger partial charge in [0.25, 0.3) is 0 Å². The Labute approximate surface area is 111 Å². The topological polar surface area (TPSA) is 105 Å². The van der Waals surface area contributed by atoms with Crippen molar-refractivity contribution in [3.8, 4) is 0 Å². The van der Waals surface area contributed by atoms with Crippen LogP contribution in [0.4, 0.5) is 11.4 Å². The quantitative estimate of drug-likeness (QED) is 0.357. The number of hydrogen-bond acceptors (Lipinski definition) is 6. The lowest BCUT2D eigenvalue weighted by molar-refractivity contribution is -0.140. The van der Waals surface area contributed by atoms with Crippen LogP contribution in [0.2, 0.25) is 0 Å². The minimum Gasteiger partial charge on any atom is -0.459 e. The summed E-state index contributed by atoms with van der Waals surface area (Å²) in [5, 5.41) is 0. The van der Waals surface area contributed by atoms with Crippen LogP contribution in [0.1, 0.15) is 17.3 Å². The first-order valence-electron chi connectivity index (χ1n) is 5.57. The zero-order chi connectivity index (χ0) is 14.4. The third kappa shape index (κ3) is 4.02. The Balaban J connectivity index is 2.48. The van der Waals surface area contributed by atoms with Gasteiger partial charge in [0.2, 0.25) is 0 Å². The molecule has 0 aliphatic heterocycles. The number of carbonyl (C=O) groups is 2. The van der Waals surface area contributed by atoms with Gasteiger partial charge >= 0.3 is 11.9 Å². The fraction of sp³-hybridized carbons (Fsp3) is 0.231. The lowest BCUT2D eigenvalue weighted by atomic mass is 10.1. The van der Waals surface area contributed by atoms with E-state index in [0.29, 0.717) is 0 Å². The Bertz CT molecular complexity index is 491. The van der Waals surface area contributed by atoms with E-state index in [4.69, 9.17) is 20.9 Å². The molecule has 6 nitrogen and oxygen atoms in total. The van der Waals surface area contributed by atoms with E-state index in [0.717, 1.165) is 0 Å². The monoisotopic (exact) mass is 264 g/mol. The lowest BCUT2D eigenvalue weighted by Gasteiger charge is -2.09. The van der Waals surface area contributed by atoms with Gasteiger partial charge in [-0.1, -0.05) is 12.6 Å². The van der Waals surface area contributed by atoms with Crippen molar-refractivity contribution in [2.24, 2.45) is 0 Å². The average molecular weight is 264 g/mol. The Morgan fingerprint density at radius 3 is 2.21 bits per heavy atom. The lowest BCUT2D eigenvalue weighted by Crippen LogP contribution is -2.16. The normalized spacial score (nSPS) is 9.74. The van der Waals surface area contributed by atoms with Crippen LogP contribution in [0.25, 0.3) is 0 Å². The molecule has 102 valence electrons. The fourth-order valence-electron chi connectivity index (χ4n) is 1.29. The van der Waals surface area contributed by atoms with Crippen molar-refractivity contribution in [2.45, 2.75) is 6.92 Å². The van der Waals surface area contributed by atoms with E-state index in [1.54, 1.807) is 18.2 Å². The summed E-state index contributed by atoms with van der Waals surface area (Å²) < 4.78 is 9.69. The summed E-state index contributed by atoms with van der Waals surface area (Å²) in [4.78, 5) is 22.8. The third-order valence-corrected chi connectivity index (χ3v) is 2.23. The second-order valence-corrected chi connectivity index (χ2v) is 3.86. The maximum atomic E-state index is 11.7. The molecule has 0 aliphatic rings. The van der Waals surface area contributed by atoms with Gasteiger partial charge in [-0.15, -0.1) is 0 Å². The Morgan fingerprint density at radius 1 is 1.16 bits per heavy atom. The summed E-state index contributed by atoms with van der Waals surface area (Å²) in [6, 6.07) is 4.73. The Hall–Kier alpha value is -2.50. The van der Waals surface area contributed by atoms with Crippen molar-refractivity contribution >= 4 is 23.3 Å². The van der Waals surface area contributed by atoms with Crippen LogP contribution in [0.5, 0.6) is 0 Å². The van der Waals surface area contributed by atoms with Crippen molar-refractivity contribution < 1.29 is 19.1 Å². The molecule has 0 spiro atoms. The molecule has 0 fully saturated rings. The van der Waals surface area contributed by atoms with Crippen LogP contribution < -0.4 is 11.5 Å². The molecule has 6 heteroatoms. The van der Waals surface area contributed by atoms with E-state index in [2.05, 4.69) is 6.58 Å². The highest BCUT2D eigenvalue weighted by Crippen LogP contribution is 2.19. The second kappa shape index (κ2) is 6.44. The fourth-order valence-corrected chi connectivity index (χ4v) is 1.29. The third-order valence-electron chi connectivity index (χ3n) is 2.23. The molecule has 1 rings (SSSR count). The summed E-state index contributed by atoms with van der Waals surface area (Å²) >= 11 is 0. The van der Waals surface area contributed by atoms with E-state index >= 15 is 0 Å². The number of hydrogen-bond donors (Lipinski definition) is 2. The molecule has 0 radical (unpaired) electrons. The van der Waals surface area contributed by atoms with E-state index in [1.165, 1.54) is 6.92 Å². The molecule has 0 unspecified atom stereocenters. The van der Waals surface area contributed by atoms with Gasteiger partial charge < -0.3 is 20.9 Å². The van der Waals surface area contributed by atoms with Crippen molar-refractivity contribution in [1.82, 2.24) is 0 Å². The van der Waals surface area contributed by atoms with E-state index in [-0.39, 0.29) is 35.7 Å². The van der Waals surface area contributed by atoms with Gasteiger partial charge in [0.1, 0.15) is 18.8 Å². The number of nitrogens with two attached hydrogens (primary N) is 2. The molecule has 0 saturated heterocycles. The van der Waals surface area contributed by atoms with E-state index in [1.807, 2.05) is 0 Å². The minimum atomic E-state index is -0.651. The van der Waals surface area contributed by atoms with Crippen molar-refractivity contribution in [2.75, 3.05) is 24.7 Å². The van der Waals surface area contributed by atoms with Gasteiger partial charge in [-0.3, -0.25) is 0 Å². The number of anilines is 2. The van der Waals surface area contributed by atoms with Gasteiger partial charge in [-0.2, -0.15) is 0 Å².